The zero-order chi connectivity index (χ0) is 15.7. The maximum atomic E-state index is 12.3. The van der Waals surface area contributed by atoms with Gasteiger partial charge >= 0.3 is 0 Å². The van der Waals surface area contributed by atoms with Gasteiger partial charge < -0.3 is 10.2 Å². The van der Waals surface area contributed by atoms with E-state index in [-0.39, 0.29) is 11.9 Å². The predicted octanol–water partition coefficient (Wildman–Crippen LogP) is 2.41. The van der Waals surface area contributed by atoms with Crippen molar-refractivity contribution < 1.29 is 4.79 Å². The number of benzene rings is 1. The van der Waals surface area contributed by atoms with E-state index in [1.54, 1.807) is 11.1 Å². The van der Waals surface area contributed by atoms with E-state index < -0.39 is 0 Å². The topological polar surface area (TPSA) is 61.4 Å². The maximum Gasteiger partial charge on any atom is 0.247 e. The Kier molecular flexibility index (Phi) is 3.66. The van der Waals surface area contributed by atoms with Gasteiger partial charge in [0.2, 0.25) is 11.9 Å². The zero-order valence-corrected chi connectivity index (χ0v) is 12.9. The number of hydrogen-bond acceptors (Lipinski definition) is 5. The Bertz CT molecular complexity index is 686. The minimum absolute atomic E-state index is 0.0503. The fourth-order valence-electron chi connectivity index (χ4n) is 2.54. The minimum atomic E-state index is 0.0503. The third kappa shape index (κ3) is 2.59. The molecule has 114 valence electrons. The highest BCUT2D eigenvalue weighted by Gasteiger charge is 2.31. The van der Waals surface area contributed by atoms with Crippen LogP contribution in [0.4, 0.5) is 23.1 Å². The van der Waals surface area contributed by atoms with Crippen LogP contribution in [0.3, 0.4) is 0 Å². The minimum Gasteiger partial charge on any atom is -0.361 e. The van der Waals surface area contributed by atoms with Gasteiger partial charge in [-0.25, -0.2) is 4.98 Å². The van der Waals surface area contributed by atoms with E-state index in [0.717, 1.165) is 11.4 Å². The monoisotopic (exact) mass is 297 g/mol. The highest BCUT2D eigenvalue weighted by Crippen LogP contribution is 2.32. The predicted molar refractivity (Wildman–Crippen MR) is 87.6 cm³/mol. The van der Waals surface area contributed by atoms with Gasteiger partial charge in [0.05, 0.1) is 18.4 Å². The Morgan fingerprint density at radius 3 is 2.64 bits per heavy atom. The summed E-state index contributed by atoms with van der Waals surface area (Å²) in [4.78, 5) is 24.8. The second-order valence-corrected chi connectivity index (χ2v) is 5.61. The molecule has 22 heavy (non-hydrogen) atoms. The lowest BCUT2D eigenvalue weighted by Crippen LogP contribution is -2.48. The number of aromatic nitrogens is 2. The van der Waals surface area contributed by atoms with Crippen molar-refractivity contribution in [1.29, 1.82) is 0 Å². The van der Waals surface area contributed by atoms with E-state index in [2.05, 4.69) is 15.3 Å². The molecule has 6 nitrogen and oxygen atoms in total. The van der Waals surface area contributed by atoms with Gasteiger partial charge in [0, 0.05) is 18.8 Å². The smallest absolute Gasteiger partial charge is 0.247 e. The number of fused-ring (bicyclic) bond motifs is 1. The Labute approximate surface area is 129 Å². The molecule has 1 amide bonds. The second kappa shape index (κ2) is 5.63. The number of carbonyl (C=O) groups is 1. The lowest BCUT2D eigenvalue weighted by molar-refractivity contribution is -0.117. The van der Waals surface area contributed by atoms with Crippen molar-refractivity contribution in [3.8, 4) is 0 Å². The molecule has 0 unspecified atom stereocenters. The highest BCUT2D eigenvalue weighted by molar-refractivity contribution is 6.02. The molecule has 0 atom stereocenters. The number of rotatable bonds is 3. The summed E-state index contributed by atoms with van der Waals surface area (Å²) in [6.45, 7) is 4.32. The van der Waals surface area contributed by atoms with Gasteiger partial charge in [-0.3, -0.25) is 9.69 Å². The first-order chi connectivity index (χ1) is 10.6. The third-order valence-electron chi connectivity index (χ3n) is 3.58. The summed E-state index contributed by atoms with van der Waals surface area (Å²) in [7, 11) is 1.88. The van der Waals surface area contributed by atoms with Gasteiger partial charge in [-0.15, -0.1) is 0 Å². The Hall–Kier alpha value is -2.63. The van der Waals surface area contributed by atoms with Crippen LogP contribution in [0.2, 0.25) is 0 Å². The van der Waals surface area contributed by atoms with Crippen LogP contribution in [0, 0.1) is 0 Å². The lowest BCUT2D eigenvalue weighted by atomic mass is 10.2. The first kappa shape index (κ1) is 14.3. The fraction of sp³-hybridized carbons (Fsp3) is 0.312. The van der Waals surface area contributed by atoms with Gasteiger partial charge in [-0.2, -0.15) is 4.98 Å². The molecule has 2 heterocycles. The van der Waals surface area contributed by atoms with Crippen LogP contribution in [-0.2, 0) is 4.79 Å². The van der Waals surface area contributed by atoms with Gasteiger partial charge in [-0.05, 0) is 26.0 Å². The summed E-state index contributed by atoms with van der Waals surface area (Å²) >= 11 is 0. The average molecular weight is 297 g/mol. The van der Waals surface area contributed by atoms with Gasteiger partial charge in [0.1, 0.15) is 0 Å². The van der Waals surface area contributed by atoms with E-state index >= 15 is 0 Å². The maximum absolute atomic E-state index is 12.3. The number of amides is 1. The zero-order valence-electron chi connectivity index (χ0n) is 12.9. The Morgan fingerprint density at radius 1 is 1.23 bits per heavy atom. The molecule has 1 N–H and O–H groups in total. The molecular formula is C16H19N5O. The molecule has 1 aromatic carbocycles. The summed E-state index contributed by atoms with van der Waals surface area (Å²) in [5.74, 6) is 1.19. The molecule has 0 radical (unpaired) electrons. The quantitative estimate of drug-likeness (QED) is 0.942. The van der Waals surface area contributed by atoms with Crippen LogP contribution in [0.5, 0.6) is 0 Å². The van der Waals surface area contributed by atoms with E-state index in [1.807, 2.05) is 56.1 Å². The van der Waals surface area contributed by atoms with Gasteiger partial charge in [0.15, 0.2) is 5.82 Å². The van der Waals surface area contributed by atoms with Crippen LogP contribution in [0.1, 0.15) is 13.8 Å². The Balaban J connectivity index is 1.98. The standard InChI is InChI=1S/C16H19N5O/c1-11(2)21-14(22)10-20(3)13-9-17-16(19-15(13)21)18-12-7-5-4-6-8-12/h4-9,11H,10H2,1-3H3,(H,17,18,19). The number of nitrogens with one attached hydrogen (secondary N) is 1. The number of likely N-dealkylation sites (N-methyl/N-ethyl adjacent to an activating group) is 1. The van der Waals surface area contributed by atoms with Crippen molar-refractivity contribution >= 4 is 29.0 Å². The van der Waals surface area contributed by atoms with Crippen molar-refractivity contribution in [1.82, 2.24) is 9.97 Å². The summed E-state index contributed by atoms with van der Waals surface area (Å²) in [5.41, 5.74) is 1.78. The van der Waals surface area contributed by atoms with Crippen molar-refractivity contribution in [2.24, 2.45) is 0 Å². The molecule has 2 aromatic rings. The molecule has 0 saturated carbocycles. The van der Waals surface area contributed by atoms with E-state index in [4.69, 9.17) is 0 Å². The van der Waals surface area contributed by atoms with Crippen LogP contribution in [0.25, 0.3) is 0 Å². The Morgan fingerprint density at radius 2 is 1.95 bits per heavy atom. The molecule has 0 saturated heterocycles. The van der Waals surface area contributed by atoms with Gasteiger partial charge in [-0.1, -0.05) is 18.2 Å². The van der Waals surface area contributed by atoms with E-state index in [0.29, 0.717) is 18.3 Å². The fourth-order valence-corrected chi connectivity index (χ4v) is 2.54. The number of carbonyl (C=O) groups excluding carboxylic acids is 1. The summed E-state index contributed by atoms with van der Waals surface area (Å²) in [5, 5.41) is 3.16. The summed E-state index contributed by atoms with van der Waals surface area (Å²) in [6, 6.07) is 9.78. The molecule has 1 aliphatic rings. The molecular weight excluding hydrogens is 278 g/mol. The highest BCUT2D eigenvalue weighted by atomic mass is 16.2. The van der Waals surface area contributed by atoms with Crippen LogP contribution >= 0.6 is 0 Å². The van der Waals surface area contributed by atoms with Crippen LogP contribution in [-0.4, -0.2) is 35.5 Å². The summed E-state index contributed by atoms with van der Waals surface area (Å²) < 4.78 is 0. The van der Waals surface area contributed by atoms with E-state index in [9.17, 15) is 4.79 Å². The third-order valence-corrected chi connectivity index (χ3v) is 3.58. The number of hydrogen-bond donors (Lipinski definition) is 1. The van der Waals surface area contributed by atoms with Crippen molar-refractivity contribution in [2.45, 2.75) is 19.9 Å². The number of para-hydroxylation sites is 1. The molecule has 0 aliphatic carbocycles. The van der Waals surface area contributed by atoms with Crippen molar-refractivity contribution in [3.05, 3.63) is 36.5 Å². The molecule has 0 spiro atoms. The first-order valence-electron chi connectivity index (χ1n) is 7.28. The van der Waals surface area contributed by atoms with Gasteiger partial charge in [0.25, 0.3) is 0 Å². The molecule has 3 rings (SSSR count). The molecule has 0 fully saturated rings. The average Bonchev–Trinajstić information content (AvgIpc) is 2.47. The lowest BCUT2D eigenvalue weighted by Gasteiger charge is -2.36. The largest absolute Gasteiger partial charge is 0.361 e. The summed E-state index contributed by atoms with van der Waals surface area (Å²) in [6.07, 6.45) is 1.76. The molecule has 0 bridgehead atoms. The molecule has 1 aromatic heterocycles. The first-order valence-corrected chi connectivity index (χ1v) is 7.28. The van der Waals surface area contributed by atoms with Crippen molar-refractivity contribution in [3.63, 3.8) is 0 Å². The van der Waals surface area contributed by atoms with Crippen LogP contribution in [0.15, 0.2) is 36.5 Å². The van der Waals surface area contributed by atoms with Crippen molar-refractivity contribution in [2.75, 3.05) is 28.7 Å². The normalized spacial score (nSPS) is 14.3. The van der Waals surface area contributed by atoms with E-state index in [1.165, 1.54) is 0 Å². The molecule has 1 aliphatic heterocycles. The number of nitrogens with zero attached hydrogens (tertiary/aromatic N) is 4. The molecule has 6 heteroatoms. The van der Waals surface area contributed by atoms with Crippen LogP contribution < -0.4 is 15.1 Å². The second-order valence-electron chi connectivity index (χ2n) is 5.61. The number of anilines is 4. The SMILES string of the molecule is CC(C)N1C(=O)CN(C)c2cnc(Nc3ccccc3)nc21.